The van der Waals surface area contributed by atoms with Gasteiger partial charge in [0.05, 0.1) is 27.1 Å². The molecular weight excluding hydrogens is 452 g/mol. The Kier molecular flexibility index (Phi) is 7.34. The summed E-state index contributed by atoms with van der Waals surface area (Å²) in [6, 6.07) is 22.5. The highest BCUT2D eigenvalue weighted by Crippen LogP contribution is 2.34. The van der Waals surface area contributed by atoms with E-state index in [0.717, 1.165) is 17.0 Å². The molecule has 4 aromatic rings. The van der Waals surface area contributed by atoms with Gasteiger partial charge in [-0.25, -0.2) is 0 Å². The molecule has 3 aromatic carbocycles. The third-order valence-corrected chi connectivity index (χ3v) is 5.92. The van der Waals surface area contributed by atoms with E-state index in [9.17, 15) is 4.79 Å². The summed E-state index contributed by atoms with van der Waals surface area (Å²) in [5.74, 6) is 2.60. The van der Waals surface area contributed by atoms with Gasteiger partial charge in [0.1, 0.15) is 5.75 Å². The molecule has 0 saturated heterocycles. The average molecular weight is 477 g/mol. The summed E-state index contributed by atoms with van der Waals surface area (Å²) < 4.78 is 17.9. The SMILES string of the molecule is COc1ccc(NC(=O)CSc2nnc(-c3ccc(OC)c(OC)c3)n2-c2ccccc2)cc1. The number of benzene rings is 3. The average Bonchev–Trinajstić information content (AvgIpc) is 3.32. The van der Waals surface area contributed by atoms with E-state index >= 15 is 0 Å². The summed E-state index contributed by atoms with van der Waals surface area (Å²) in [6.45, 7) is 0. The second kappa shape index (κ2) is 10.8. The van der Waals surface area contributed by atoms with Crippen molar-refractivity contribution in [1.29, 1.82) is 0 Å². The number of thioether (sulfide) groups is 1. The number of carbonyl (C=O) groups is 1. The molecule has 1 heterocycles. The molecule has 1 N–H and O–H groups in total. The third kappa shape index (κ3) is 5.15. The van der Waals surface area contributed by atoms with Crippen LogP contribution in [0.15, 0.2) is 78.0 Å². The van der Waals surface area contributed by atoms with Crippen molar-refractivity contribution in [3.63, 3.8) is 0 Å². The number of aromatic nitrogens is 3. The number of nitrogens with one attached hydrogen (secondary N) is 1. The highest BCUT2D eigenvalue weighted by Gasteiger charge is 2.19. The smallest absolute Gasteiger partial charge is 0.234 e. The van der Waals surface area contributed by atoms with E-state index in [1.165, 1.54) is 11.8 Å². The van der Waals surface area contributed by atoms with Gasteiger partial charge in [-0.05, 0) is 54.6 Å². The quantitative estimate of drug-likeness (QED) is 0.351. The topological polar surface area (TPSA) is 87.5 Å². The van der Waals surface area contributed by atoms with Crippen LogP contribution >= 0.6 is 11.8 Å². The molecule has 1 aromatic heterocycles. The van der Waals surface area contributed by atoms with E-state index in [4.69, 9.17) is 14.2 Å². The molecule has 0 spiro atoms. The van der Waals surface area contributed by atoms with Crippen molar-refractivity contribution >= 4 is 23.4 Å². The number of anilines is 1. The fraction of sp³-hybridized carbons (Fsp3) is 0.160. The third-order valence-electron chi connectivity index (χ3n) is 5.00. The van der Waals surface area contributed by atoms with Gasteiger partial charge in [-0.1, -0.05) is 30.0 Å². The molecule has 34 heavy (non-hydrogen) atoms. The van der Waals surface area contributed by atoms with E-state index < -0.39 is 0 Å². The van der Waals surface area contributed by atoms with Crippen LogP contribution in [0.3, 0.4) is 0 Å². The number of hydrogen-bond acceptors (Lipinski definition) is 7. The summed E-state index contributed by atoms with van der Waals surface area (Å²) in [7, 11) is 4.78. The van der Waals surface area contributed by atoms with Gasteiger partial charge in [0.25, 0.3) is 0 Å². The molecule has 0 aliphatic heterocycles. The normalized spacial score (nSPS) is 10.6. The van der Waals surface area contributed by atoms with Crippen LogP contribution in [-0.2, 0) is 4.79 Å². The number of carbonyl (C=O) groups excluding carboxylic acids is 1. The van der Waals surface area contributed by atoms with E-state index in [2.05, 4.69) is 15.5 Å². The maximum absolute atomic E-state index is 12.6. The number of ether oxygens (including phenoxy) is 3. The molecular formula is C25H24N4O4S. The molecule has 0 unspecified atom stereocenters. The molecule has 0 radical (unpaired) electrons. The predicted octanol–water partition coefficient (Wildman–Crippen LogP) is 4.69. The predicted molar refractivity (Wildman–Crippen MR) is 132 cm³/mol. The molecule has 4 rings (SSSR count). The van der Waals surface area contributed by atoms with E-state index in [1.54, 1.807) is 45.6 Å². The van der Waals surface area contributed by atoms with Gasteiger partial charge < -0.3 is 19.5 Å². The summed E-state index contributed by atoms with van der Waals surface area (Å²) >= 11 is 1.31. The Morgan fingerprint density at radius 1 is 0.882 bits per heavy atom. The molecule has 174 valence electrons. The fourth-order valence-electron chi connectivity index (χ4n) is 3.34. The van der Waals surface area contributed by atoms with Crippen molar-refractivity contribution in [3.05, 3.63) is 72.8 Å². The lowest BCUT2D eigenvalue weighted by Gasteiger charge is -2.12. The monoisotopic (exact) mass is 476 g/mol. The molecule has 0 aliphatic carbocycles. The Bertz CT molecular complexity index is 1260. The Hall–Kier alpha value is -3.98. The number of para-hydroxylation sites is 1. The Morgan fingerprint density at radius 2 is 1.62 bits per heavy atom. The molecule has 0 saturated carbocycles. The molecule has 0 atom stereocenters. The van der Waals surface area contributed by atoms with Crippen LogP contribution in [0.2, 0.25) is 0 Å². The van der Waals surface area contributed by atoms with Crippen molar-refractivity contribution < 1.29 is 19.0 Å². The lowest BCUT2D eigenvalue weighted by atomic mass is 10.2. The largest absolute Gasteiger partial charge is 0.497 e. The van der Waals surface area contributed by atoms with Crippen LogP contribution < -0.4 is 19.5 Å². The molecule has 8 nitrogen and oxygen atoms in total. The highest BCUT2D eigenvalue weighted by atomic mass is 32.2. The number of amides is 1. The van der Waals surface area contributed by atoms with Crippen LogP contribution in [0.4, 0.5) is 5.69 Å². The van der Waals surface area contributed by atoms with E-state index in [0.29, 0.717) is 28.2 Å². The molecule has 0 bridgehead atoms. The first kappa shape index (κ1) is 23.2. The molecule has 0 fully saturated rings. The molecule has 1 amide bonds. The standard InChI is InChI=1S/C25H24N4O4S/c1-31-20-12-10-18(11-13-20)26-23(30)16-34-25-28-27-24(29(25)19-7-5-4-6-8-19)17-9-14-21(32-2)22(15-17)33-3/h4-15H,16H2,1-3H3,(H,26,30). The minimum absolute atomic E-state index is 0.148. The second-order valence-electron chi connectivity index (χ2n) is 7.11. The van der Waals surface area contributed by atoms with E-state index in [1.807, 2.05) is 53.1 Å². The lowest BCUT2D eigenvalue weighted by Crippen LogP contribution is -2.14. The van der Waals surface area contributed by atoms with Gasteiger partial charge in [-0.2, -0.15) is 0 Å². The van der Waals surface area contributed by atoms with Crippen LogP contribution in [0.25, 0.3) is 17.1 Å². The minimum Gasteiger partial charge on any atom is -0.497 e. The van der Waals surface area contributed by atoms with Gasteiger partial charge in [0, 0.05) is 16.9 Å². The summed E-state index contributed by atoms with van der Waals surface area (Å²) in [6.07, 6.45) is 0. The zero-order chi connectivity index (χ0) is 23.9. The Balaban J connectivity index is 1.59. The van der Waals surface area contributed by atoms with Crippen molar-refractivity contribution in [3.8, 4) is 34.3 Å². The van der Waals surface area contributed by atoms with Crippen LogP contribution in [0, 0.1) is 0 Å². The van der Waals surface area contributed by atoms with Crippen molar-refractivity contribution in [2.24, 2.45) is 0 Å². The van der Waals surface area contributed by atoms with Gasteiger partial charge in [-0.15, -0.1) is 10.2 Å². The Labute approximate surface area is 201 Å². The van der Waals surface area contributed by atoms with Crippen LogP contribution in [-0.4, -0.2) is 47.8 Å². The van der Waals surface area contributed by atoms with Gasteiger partial charge in [-0.3, -0.25) is 9.36 Å². The van der Waals surface area contributed by atoms with E-state index in [-0.39, 0.29) is 11.7 Å². The zero-order valence-electron chi connectivity index (χ0n) is 19.0. The Morgan fingerprint density at radius 3 is 2.29 bits per heavy atom. The number of hydrogen-bond donors (Lipinski definition) is 1. The molecule has 0 aliphatic rings. The lowest BCUT2D eigenvalue weighted by molar-refractivity contribution is -0.113. The van der Waals surface area contributed by atoms with Crippen molar-refractivity contribution in [2.75, 3.05) is 32.4 Å². The summed E-state index contributed by atoms with van der Waals surface area (Å²) in [5.41, 5.74) is 2.39. The first-order valence-electron chi connectivity index (χ1n) is 10.4. The van der Waals surface area contributed by atoms with Gasteiger partial charge >= 0.3 is 0 Å². The molecule has 9 heteroatoms. The first-order valence-corrected chi connectivity index (χ1v) is 11.4. The fourth-order valence-corrected chi connectivity index (χ4v) is 4.09. The summed E-state index contributed by atoms with van der Waals surface area (Å²) in [5, 5.41) is 12.3. The number of rotatable bonds is 9. The van der Waals surface area contributed by atoms with Crippen LogP contribution in [0.1, 0.15) is 0 Å². The van der Waals surface area contributed by atoms with Crippen molar-refractivity contribution in [2.45, 2.75) is 5.16 Å². The maximum Gasteiger partial charge on any atom is 0.234 e. The maximum atomic E-state index is 12.6. The minimum atomic E-state index is -0.148. The number of methoxy groups -OCH3 is 3. The summed E-state index contributed by atoms with van der Waals surface area (Å²) in [4.78, 5) is 12.6. The van der Waals surface area contributed by atoms with Crippen molar-refractivity contribution in [1.82, 2.24) is 14.8 Å². The van der Waals surface area contributed by atoms with Crippen LogP contribution in [0.5, 0.6) is 17.2 Å². The van der Waals surface area contributed by atoms with Gasteiger partial charge in [0.15, 0.2) is 22.5 Å². The highest BCUT2D eigenvalue weighted by molar-refractivity contribution is 7.99. The first-order chi connectivity index (χ1) is 16.6. The zero-order valence-corrected chi connectivity index (χ0v) is 19.8. The number of nitrogens with zero attached hydrogens (tertiary/aromatic N) is 3. The van der Waals surface area contributed by atoms with Gasteiger partial charge in [0.2, 0.25) is 5.91 Å². The second-order valence-corrected chi connectivity index (χ2v) is 8.05.